The molecule has 2 aliphatic heterocycles. The van der Waals surface area contributed by atoms with Crippen LogP contribution in [-0.2, 0) is 4.79 Å². The van der Waals surface area contributed by atoms with Gasteiger partial charge in [-0.05, 0) is 44.9 Å². The number of benzene rings is 1. The quantitative estimate of drug-likeness (QED) is 0.729. The van der Waals surface area contributed by atoms with Crippen LogP contribution in [0.3, 0.4) is 0 Å². The topological polar surface area (TPSA) is 90.5 Å². The summed E-state index contributed by atoms with van der Waals surface area (Å²) in [6, 6.07) is 7.11. The highest BCUT2D eigenvalue weighted by Crippen LogP contribution is 2.26. The number of nitrogens with zero attached hydrogens (tertiary/aromatic N) is 1. The van der Waals surface area contributed by atoms with E-state index in [-0.39, 0.29) is 24.4 Å². The summed E-state index contributed by atoms with van der Waals surface area (Å²) in [5.41, 5.74) is 0.468. The maximum Gasteiger partial charge on any atom is 0.322 e. The summed E-state index contributed by atoms with van der Waals surface area (Å²) in [5, 5.41) is 8.23. The van der Waals surface area contributed by atoms with Gasteiger partial charge in [-0.25, -0.2) is 4.79 Å². The van der Waals surface area contributed by atoms with Crippen LogP contribution in [0.15, 0.2) is 24.3 Å². The van der Waals surface area contributed by atoms with Crippen molar-refractivity contribution in [3.63, 3.8) is 0 Å². The molecular weight excluding hydrogens is 308 g/mol. The fraction of sp³-hybridized carbons (Fsp3) is 0.471. The van der Waals surface area contributed by atoms with E-state index in [1.807, 2.05) is 32.0 Å². The van der Waals surface area contributed by atoms with Crippen LogP contribution in [0.1, 0.15) is 37.0 Å². The second-order valence-corrected chi connectivity index (χ2v) is 6.70. The molecule has 128 valence electrons. The van der Waals surface area contributed by atoms with Crippen LogP contribution in [0.2, 0.25) is 0 Å². The number of rotatable bonds is 3. The number of amides is 4. The molecule has 0 radical (unpaired) electrons. The molecule has 2 aliphatic rings. The van der Waals surface area contributed by atoms with Crippen molar-refractivity contribution in [2.24, 2.45) is 0 Å². The molecule has 2 saturated heterocycles. The molecule has 3 rings (SSSR count). The van der Waals surface area contributed by atoms with Crippen molar-refractivity contribution in [2.45, 2.75) is 38.3 Å². The molecule has 0 aliphatic carbocycles. The normalized spacial score (nSPS) is 23.4. The van der Waals surface area contributed by atoms with Gasteiger partial charge in [-0.2, -0.15) is 0 Å². The second kappa shape index (κ2) is 6.14. The Bertz CT molecular complexity index is 688. The van der Waals surface area contributed by atoms with E-state index >= 15 is 0 Å². The van der Waals surface area contributed by atoms with Crippen LogP contribution >= 0.6 is 0 Å². The van der Waals surface area contributed by atoms with Crippen LogP contribution in [0.4, 0.5) is 10.5 Å². The Hall–Kier alpha value is -2.57. The predicted molar refractivity (Wildman–Crippen MR) is 89.7 cm³/mol. The van der Waals surface area contributed by atoms with Crippen molar-refractivity contribution in [3.05, 3.63) is 29.8 Å². The van der Waals surface area contributed by atoms with E-state index in [9.17, 15) is 14.4 Å². The van der Waals surface area contributed by atoms with E-state index in [0.717, 1.165) is 5.69 Å². The summed E-state index contributed by atoms with van der Waals surface area (Å²) < 4.78 is 0. The van der Waals surface area contributed by atoms with Gasteiger partial charge >= 0.3 is 6.03 Å². The van der Waals surface area contributed by atoms with Gasteiger partial charge in [0, 0.05) is 23.8 Å². The molecule has 1 spiro atoms. The molecule has 0 unspecified atom stereocenters. The number of imide groups is 1. The molecule has 2 fully saturated rings. The lowest BCUT2D eigenvalue weighted by atomic mass is 9.89. The molecule has 1 aromatic carbocycles. The fourth-order valence-electron chi connectivity index (χ4n) is 3.30. The zero-order chi connectivity index (χ0) is 17.3. The van der Waals surface area contributed by atoms with Crippen LogP contribution < -0.4 is 16.0 Å². The molecule has 7 heteroatoms. The Morgan fingerprint density at radius 3 is 2.79 bits per heavy atom. The highest BCUT2D eigenvalue weighted by Gasteiger charge is 2.49. The zero-order valence-corrected chi connectivity index (χ0v) is 13.9. The van der Waals surface area contributed by atoms with Crippen molar-refractivity contribution < 1.29 is 14.4 Å². The predicted octanol–water partition coefficient (Wildman–Crippen LogP) is 1.32. The van der Waals surface area contributed by atoms with Gasteiger partial charge in [-0.3, -0.25) is 14.9 Å². The molecule has 7 nitrogen and oxygen atoms in total. The van der Waals surface area contributed by atoms with Gasteiger partial charge in [-0.1, -0.05) is 6.07 Å². The monoisotopic (exact) mass is 330 g/mol. The van der Waals surface area contributed by atoms with Crippen LogP contribution in [0, 0.1) is 0 Å². The van der Waals surface area contributed by atoms with Crippen molar-refractivity contribution >= 4 is 23.5 Å². The minimum Gasteiger partial charge on any atom is -0.383 e. The maximum absolute atomic E-state index is 12.8. The first kappa shape index (κ1) is 16.3. The number of piperidine rings is 1. The van der Waals surface area contributed by atoms with Crippen molar-refractivity contribution in [2.75, 3.05) is 18.4 Å². The summed E-state index contributed by atoms with van der Waals surface area (Å²) in [7, 11) is 0. The third-order valence-electron chi connectivity index (χ3n) is 4.36. The summed E-state index contributed by atoms with van der Waals surface area (Å²) in [6.45, 7) is 4.84. The largest absolute Gasteiger partial charge is 0.383 e. The summed E-state index contributed by atoms with van der Waals surface area (Å²) >= 11 is 0. The average Bonchev–Trinajstić information content (AvgIpc) is 2.79. The number of anilines is 1. The number of urea groups is 1. The standard InChI is InChI=1S/C17H22N4O3/c1-11(2)18-13-6-3-5-12(9-13)14(22)21-8-4-7-17(10-21)15(23)19-16(24)20-17/h3,5-6,9,11,18H,4,7-8,10H2,1-2H3,(H2,19,20,23,24)/t17-/m0/s1. The first-order valence-electron chi connectivity index (χ1n) is 8.19. The molecule has 0 saturated carbocycles. The molecule has 0 bridgehead atoms. The summed E-state index contributed by atoms with van der Waals surface area (Å²) in [6.07, 6.45) is 1.21. The first-order valence-corrected chi connectivity index (χ1v) is 8.19. The molecule has 4 amide bonds. The Kier molecular flexibility index (Phi) is 4.17. The fourth-order valence-corrected chi connectivity index (χ4v) is 3.30. The summed E-state index contributed by atoms with van der Waals surface area (Å²) in [4.78, 5) is 38.0. The Morgan fingerprint density at radius 2 is 2.12 bits per heavy atom. The van der Waals surface area contributed by atoms with Crippen LogP contribution in [0.5, 0.6) is 0 Å². The third kappa shape index (κ3) is 3.06. The number of nitrogens with one attached hydrogen (secondary N) is 3. The number of hydrogen-bond acceptors (Lipinski definition) is 4. The summed E-state index contributed by atoms with van der Waals surface area (Å²) in [5.74, 6) is -0.476. The molecule has 24 heavy (non-hydrogen) atoms. The highest BCUT2D eigenvalue weighted by atomic mass is 16.2. The van der Waals surface area contributed by atoms with E-state index in [2.05, 4.69) is 16.0 Å². The van der Waals surface area contributed by atoms with E-state index in [0.29, 0.717) is 24.9 Å². The van der Waals surface area contributed by atoms with Gasteiger partial charge in [0.2, 0.25) is 0 Å². The van der Waals surface area contributed by atoms with E-state index in [1.54, 1.807) is 11.0 Å². The molecule has 1 aromatic rings. The van der Waals surface area contributed by atoms with E-state index in [4.69, 9.17) is 0 Å². The number of carbonyl (C=O) groups excluding carboxylic acids is 3. The SMILES string of the molecule is CC(C)Nc1cccc(C(=O)N2CCC[C@@]3(C2)NC(=O)NC3=O)c1. The molecule has 0 aromatic heterocycles. The lowest BCUT2D eigenvalue weighted by molar-refractivity contribution is -0.125. The second-order valence-electron chi connectivity index (χ2n) is 6.70. The van der Waals surface area contributed by atoms with Crippen molar-refractivity contribution in [3.8, 4) is 0 Å². The molecular formula is C17H22N4O3. The van der Waals surface area contributed by atoms with E-state index in [1.165, 1.54) is 0 Å². The molecule has 2 heterocycles. The lowest BCUT2D eigenvalue weighted by Gasteiger charge is -2.38. The van der Waals surface area contributed by atoms with Crippen molar-refractivity contribution in [1.29, 1.82) is 0 Å². The zero-order valence-electron chi connectivity index (χ0n) is 13.9. The number of carbonyl (C=O) groups is 3. The molecule has 3 N–H and O–H groups in total. The average molecular weight is 330 g/mol. The smallest absolute Gasteiger partial charge is 0.322 e. The Morgan fingerprint density at radius 1 is 1.33 bits per heavy atom. The van der Waals surface area contributed by atoms with Crippen LogP contribution in [-0.4, -0.2) is 47.4 Å². The van der Waals surface area contributed by atoms with Gasteiger partial charge in [0.15, 0.2) is 0 Å². The highest BCUT2D eigenvalue weighted by molar-refractivity contribution is 6.07. The van der Waals surface area contributed by atoms with Gasteiger partial charge in [0.25, 0.3) is 11.8 Å². The lowest BCUT2D eigenvalue weighted by Crippen LogP contribution is -2.59. The minimum absolute atomic E-state index is 0.129. The van der Waals surface area contributed by atoms with E-state index < -0.39 is 11.6 Å². The molecule has 1 atom stereocenters. The third-order valence-corrected chi connectivity index (χ3v) is 4.36. The Labute approximate surface area is 140 Å². The van der Waals surface area contributed by atoms with Gasteiger partial charge in [-0.15, -0.1) is 0 Å². The van der Waals surface area contributed by atoms with Gasteiger partial charge < -0.3 is 15.5 Å². The van der Waals surface area contributed by atoms with Gasteiger partial charge in [0.1, 0.15) is 5.54 Å². The first-order chi connectivity index (χ1) is 11.4. The Balaban J connectivity index is 1.78. The maximum atomic E-state index is 12.8. The number of hydrogen-bond donors (Lipinski definition) is 3. The van der Waals surface area contributed by atoms with Gasteiger partial charge in [0.05, 0.1) is 6.54 Å². The minimum atomic E-state index is -0.987. The van der Waals surface area contributed by atoms with Crippen LogP contribution in [0.25, 0.3) is 0 Å². The number of likely N-dealkylation sites (tertiary alicyclic amines) is 1. The van der Waals surface area contributed by atoms with Crippen molar-refractivity contribution in [1.82, 2.24) is 15.5 Å².